The Morgan fingerprint density at radius 2 is 1.73 bits per heavy atom. The Bertz CT molecular complexity index is 1200. The minimum absolute atomic E-state index is 0.00700. The number of hydrogen-bond acceptors (Lipinski definition) is 6. The predicted molar refractivity (Wildman–Crippen MR) is 108 cm³/mol. The molecule has 0 radical (unpaired) electrons. The van der Waals surface area contributed by atoms with E-state index in [0.29, 0.717) is 23.9 Å². The summed E-state index contributed by atoms with van der Waals surface area (Å²) in [7, 11) is 0. The number of nitrogen functional groups attached to an aromatic ring is 1. The average molecular weight is 407 g/mol. The first-order chi connectivity index (χ1) is 14.4. The van der Waals surface area contributed by atoms with Gasteiger partial charge in [0.1, 0.15) is 5.69 Å². The molecule has 7 nitrogen and oxygen atoms in total. The van der Waals surface area contributed by atoms with Crippen LogP contribution >= 0.6 is 0 Å². The molecule has 152 valence electrons. The van der Waals surface area contributed by atoms with Gasteiger partial charge in [-0.15, -0.1) is 5.10 Å². The summed E-state index contributed by atoms with van der Waals surface area (Å²) in [5, 5.41) is 8.25. The lowest BCUT2D eigenvalue weighted by atomic mass is 10.1. The Labute approximate surface area is 171 Å². The smallest absolute Gasteiger partial charge is 0.221 e. The molecule has 4 rings (SSSR count). The number of anilines is 1. The molecule has 0 aliphatic heterocycles. The zero-order valence-corrected chi connectivity index (χ0v) is 16.4. The summed E-state index contributed by atoms with van der Waals surface area (Å²) < 4.78 is 29.4. The highest BCUT2D eigenvalue weighted by Gasteiger charge is 2.15. The monoisotopic (exact) mass is 407 g/mol. The molecule has 0 aliphatic rings. The van der Waals surface area contributed by atoms with Crippen LogP contribution < -0.4 is 5.73 Å². The van der Waals surface area contributed by atoms with Gasteiger partial charge in [-0.05, 0) is 36.2 Å². The molecule has 2 N–H and O–H groups in total. The van der Waals surface area contributed by atoms with Crippen LogP contribution in [0.15, 0.2) is 48.7 Å². The number of halogens is 2. The number of nitrogens with zero attached hydrogens (tertiary/aromatic N) is 6. The van der Waals surface area contributed by atoms with Gasteiger partial charge in [0.25, 0.3) is 0 Å². The molecule has 1 aromatic carbocycles. The first-order valence-electron chi connectivity index (χ1n) is 9.36. The number of rotatable bonds is 5. The number of pyridine rings is 1. The maximum absolute atomic E-state index is 14.2. The topological polar surface area (TPSA) is 95.4 Å². The van der Waals surface area contributed by atoms with E-state index >= 15 is 0 Å². The van der Waals surface area contributed by atoms with Gasteiger partial charge in [-0.1, -0.05) is 31.2 Å². The normalized spacial score (nSPS) is 11.2. The van der Waals surface area contributed by atoms with Crippen molar-refractivity contribution in [2.45, 2.75) is 26.3 Å². The molecule has 0 amide bonds. The van der Waals surface area contributed by atoms with Crippen LogP contribution in [0.4, 0.5) is 14.7 Å². The van der Waals surface area contributed by atoms with Crippen molar-refractivity contribution in [1.82, 2.24) is 29.9 Å². The first kappa shape index (κ1) is 19.6. The maximum Gasteiger partial charge on any atom is 0.221 e. The van der Waals surface area contributed by atoms with Gasteiger partial charge < -0.3 is 5.73 Å². The molecule has 9 heteroatoms. The van der Waals surface area contributed by atoms with Gasteiger partial charge in [0.2, 0.25) is 5.95 Å². The lowest BCUT2D eigenvalue weighted by Gasteiger charge is -2.07. The van der Waals surface area contributed by atoms with E-state index in [1.54, 1.807) is 10.9 Å². The van der Waals surface area contributed by atoms with E-state index < -0.39 is 11.6 Å². The van der Waals surface area contributed by atoms with Gasteiger partial charge in [0.05, 0.1) is 29.8 Å². The van der Waals surface area contributed by atoms with E-state index in [-0.39, 0.29) is 17.2 Å². The second-order valence-electron chi connectivity index (χ2n) is 7.11. The van der Waals surface area contributed by atoms with E-state index in [0.717, 1.165) is 17.5 Å². The number of nitrogens with two attached hydrogens (primary N) is 1. The van der Waals surface area contributed by atoms with Gasteiger partial charge >= 0.3 is 0 Å². The predicted octanol–water partition coefficient (Wildman–Crippen LogP) is 3.83. The Morgan fingerprint density at radius 3 is 2.53 bits per heavy atom. The number of aromatic nitrogens is 6. The fourth-order valence-electron chi connectivity index (χ4n) is 3.00. The van der Waals surface area contributed by atoms with Crippen LogP contribution in [0.3, 0.4) is 0 Å². The standard InChI is InChI=1S/C21H19F2N7/c1-12(2)16-8-3-5-13(25-16)10-30-11-19(28-29-30)18-9-17(26-21(24)27-18)14-6-4-7-15(22)20(14)23/h3-9,11-12H,10H2,1-2H3,(H2,24,26,27). The van der Waals surface area contributed by atoms with Crippen LogP contribution in [-0.4, -0.2) is 29.9 Å². The number of hydrogen-bond donors (Lipinski definition) is 1. The third-order valence-corrected chi connectivity index (χ3v) is 4.52. The zero-order chi connectivity index (χ0) is 21.3. The molecule has 0 saturated carbocycles. The summed E-state index contributed by atoms with van der Waals surface area (Å²) in [5.74, 6) is -1.72. The molecular weight excluding hydrogens is 388 g/mol. The highest BCUT2D eigenvalue weighted by Crippen LogP contribution is 2.26. The molecule has 0 bridgehead atoms. The van der Waals surface area contributed by atoms with Crippen LogP contribution in [0.5, 0.6) is 0 Å². The summed E-state index contributed by atoms with van der Waals surface area (Å²) in [5.41, 5.74) is 8.59. The Morgan fingerprint density at radius 1 is 0.967 bits per heavy atom. The second-order valence-corrected chi connectivity index (χ2v) is 7.11. The minimum Gasteiger partial charge on any atom is -0.368 e. The third-order valence-electron chi connectivity index (χ3n) is 4.52. The molecular formula is C21H19F2N7. The van der Waals surface area contributed by atoms with Gasteiger partial charge in [-0.3, -0.25) is 4.98 Å². The zero-order valence-electron chi connectivity index (χ0n) is 16.4. The fourth-order valence-corrected chi connectivity index (χ4v) is 3.00. The highest BCUT2D eigenvalue weighted by molar-refractivity contribution is 5.67. The van der Waals surface area contributed by atoms with Crippen molar-refractivity contribution in [1.29, 1.82) is 0 Å². The van der Waals surface area contributed by atoms with Crippen molar-refractivity contribution in [2.75, 3.05) is 5.73 Å². The lowest BCUT2D eigenvalue weighted by molar-refractivity contribution is 0.511. The quantitative estimate of drug-likeness (QED) is 0.540. The van der Waals surface area contributed by atoms with Gasteiger partial charge in [0, 0.05) is 11.3 Å². The Balaban J connectivity index is 1.64. The van der Waals surface area contributed by atoms with Gasteiger partial charge in [0.15, 0.2) is 11.6 Å². The van der Waals surface area contributed by atoms with Crippen LogP contribution in [-0.2, 0) is 6.54 Å². The molecule has 0 fully saturated rings. The van der Waals surface area contributed by atoms with Crippen LogP contribution in [0.25, 0.3) is 22.6 Å². The van der Waals surface area contributed by atoms with Crippen molar-refractivity contribution < 1.29 is 8.78 Å². The molecule has 4 aromatic rings. The van der Waals surface area contributed by atoms with Crippen molar-refractivity contribution in [2.24, 2.45) is 0 Å². The number of benzene rings is 1. The summed E-state index contributed by atoms with van der Waals surface area (Å²) >= 11 is 0. The van der Waals surface area contributed by atoms with Crippen LogP contribution in [0.2, 0.25) is 0 Å². The molecule has 3 heterocycles. The van der Waals surface area contributed by atoms with E-state index in [4.69, 9.17) is 5.73 Å². The van der Waals surface area contributed by atoms with E-state index in [1.165, 1.54) is 18.2 Å². The maximum atomic E-state index is 14.2. The van der Waals surface area contributed by atoms with Gasteiger partial charge in [-0.25, -0.2) is 23.4 Å². The summed E-state index contributed by atoms with van der Waals surface area (Å²) in [4.78, 5) is 12.8. The molecule has 30 heavy (non-hydrogen) atoms. The van der Waals surface area contributed by atoms with Gasteiger partial charge in [-0.2, -0.15) is 0 Å². The fraction of sp³-hybridized carbons (Fsp3) is 0.190. The Kier molecular flexibility index (Phi) is 5.18. The summed E-state index contributed by atoms with van der Waals surface area (Å²) in [6.45, 7) is 4.59. The molecule has 0 aliphatic carbocycles. The van der Waals surface area contributed by atoms with Crippen molar-refractivity contribution in [3.63, 3.8) is 0 Å². The molecule has 0 atom stereocenters. The Hall–Kier alpha value is -3.75. The van der Waals surface area contributed by atoms with Crippen molar-refractivity contribution >= 4 is 5.95 Å². The van der Waals surface area contributed by atoms with Crippen LogP contribution in [0.1, 0.15) is 31.2 Å². The summed E-state index contributed by atoms with van der Waals surface area (Å²) in [6.07, 6.45) is 1.69. The van der Waals surface area contributed by atoms with E-state index in [1.807, 2.05) is 18.2 Å². The first-order valence-corrected chi connectivity index (χ1v) is 9.36. The molecule has 0 spiro atoms. The van der Waals surface area contributed by atoms with Crippen LogP contribution in [0, 0.1) is 11.6 Å². The van der Waals surface area contributed by atoms with E-state index in [9.17, 15) is 8.78 Å². The summed E-state index contributed by atoms with van der Waals surface area (Å²) in [6, 6.07) is 11.2. The largest absolute Gasteiger partial charge is 0.368 e. The molecule has 0 saturated heterocycles. The molecule has 0 unspecified atom stereocenters. The lowest BCUT2D eigenvalue weighted by Crippen LogP contribution is -2.04. The SMILES string of the molecule is CC(C)c1cccc(Cn2cc(-c3cc(-c4cccc(F)c4F)nc(N)n3)nn2)n1. The van der Waals surface area contributed by atoms with Crippen molar-refractivity contribution in [3.05, 3.63) is 71.7 Å². The molecule has 3 aromatic heterocycles. The van der Waals surface area contributed by atoms with Crippen molar-refractivity contribution in [3.8, 4) is 22.6 Å². The van der Waals surface area contributed by atoms with E-state index in [2.05, 4.69) is 39.1 Å². The third kappa shape index (κ3) is 4.00. The average Bonchev–Trinajstić information content (AvgIpc) is 3.18. The highest BCUT2D eigenvalue weighted by atomic mass is 19.2. The minimum atomic E-state index is -0.999. The second kappa shape index (κ2) is 7.94.